The van der Waals surface area contributed by atoms with Gasteiger partial charge in [0.05, 0.1) is 25.1 Å². The van der Waals surface area contributed by atoms with E-state index in [1.807, 2.05) is 0 Å². The van der Waals surface area contributed by atoms with Gasteiger partial charge >= 0.3 is 0 Å². The van der Waals surface area contributed by atoms with Gasteiger partial charge in [-0.25, -0.2) is 8.78 Å². The Labute approximate surface area is 132 Å². The maximum atomic E-state index is 13.8. The second-order valence-electron chi connectivity index (χ2n) is 3.57. The van der Waals surface area contributed by atoms with E-state index in [0.717, 1.165) is 6.07 Å². The second kappa shape index (κ2) is 5.63. The minimum atomic E-state index is -0.835. The standard InChI is InChI=1S/C12H3Cl5F2/c13-8-7(5-2-1-4(18)3-6(5)19)9(14)11(16)12(17)10(8)15/h1-3H. The van der Waals surface area contributed by atoms with E-state index in [4.69, 9.17) is 58.0 Å². The molecule has 2 aromatic rings. The van der Waals surface area contributed by atoms with Crippen molar-refractivity contribution in [3.63, 3.8) is 0 Å². The molecule has 0 fully saturated rings. The monoisotopic (exact) mass is 360 g/mol. The van der Waals surface area contributed by atoms with Crippen LogP contribution in [0.5, 0.6) is 0 Å². The van der Waals surface area contributed by atoms with Crippen molar-refractivity contribution in [3.8, 4) is 11.1 Å². The molecule has 0 aliphatic heterocycles. The van der Waals surface area contributed by atoms with Gasteiger partial charge in [-0.1, -0.05) is 58.0 Å². The van der Waals surface area contributed by atoms with Crippen LogP contribution >= 0.6 is 58.0 Å². The maximum Gasteiger partial charge on any atom is 0.134 e. The van der Waals surface area contributed by atoms with Crippen molar-refractivity contribution in [2.75, 3.05) is 0 Å². The summed E-state index contributed by atoms with van der Waals surface area (Å²) in [6, 6.07) is 2.97. The van der Waals surface area contributed by atoms with Crippen molar-refractivity contribution in [2.24, 2.45) is 0 Å². The van der Waals surface area contributed by atoms with E-state index in [9.17, 15) is 8.78 Å². The van der Waals surface area contributed by atoms with Crippen molar-refractivity contribution in [3.05, 3.63) is 54.9 Å². The SMILES string of the molecule is Fc1ccc(-c2c(Cl)c(Cl)c(Cl)c(Cl)c2Cl)c(F)c1. The van der Waals surface area contributed by atoms with Crippen molar-refractivity contribution in [1.29, 1.82) is 0 Å². The van der Waals surface area contributed by atoms with E-state index >= 15 is 0 Å². The second-order valence-corrected chi connectivity index (χ2v) is 5.46. The van der Waals surface area contributed by atoms with Crippen LogP contribution in [0.3, 0.4) is 0 Å². The summed E-state index contributed by atoms with van der Waals surface area (Å²) in [6.45, 7) is 0. The molecule has 2 rings (SSSR count). The summed E-state index contributed by atoms with van der Waals surface area (Å²) >= 11 is 29.6. The van der Waals surface area contributed by atoms with Gasteiger partial charge in [-0.15, -0.1) is 0 Å². The minimum absolute atomic E-state index is 0.0168. The molecule has 0 aliphatic carbocycles. The van der Waals surface area contributed by atoms with E-state index in [1.165, 1.54) is 6.07 Å². The molecule has 0 aliphatic rings. The van der Waals surface area contributed by atoms with Crippen LogP contribution in [0.4, 0.5) is 8.78 Å². The van der Waals surface area contributed by atoms with Crippen LogP contribution < -0.4 is 0 Å². The molecule has 2 aromatic carbocycles. The minimum Gasteiger partial charge on any atom is -0.207 e. The van der Waals surface area contributed by atoms with Crippen LogP contribution in [0.2, 0.25) is 25.1 Å². The quantitative estimate of drug-likeness (QED) is 0.382. The smallest absolute Gasteiger partial charge is 0.134 e. The predicted octanol–water partition coefficient (Wildman–Crippen LogP) is 6.90. The van der Waals surface area contributed by atoms with Gasteiger partial charge in [-0.2, -0.15) is 0 Å². The van der Waals surface area contributed by atoms with Crippen LogP contribution in [0.25, 0.3) is 11.1 Å². The summed E-state index contributed by atoms with van der Waals surface area (Å²) in [5.41, 5.74) is 0.0529. The number of halogens is 7. The molecule has 0 amide bonds. The molecule has 0 nitrogen and oxygen atoms in total. The Bertz CT molecular complexity index is 641. The van der Waals surface area contributed by atoms with Crippen LogP contribution in [0.15, 0.2) is 18.2 Å². The average molecular weight is 362 g/mol. The zero-order valence-corrected chi connectivity index (χ0v) is 12.7. The number of hydrogen-bond donors (Lipinski definition) is 0. The number of hydrogen-bond acceptors (Lipinski definition) is 0. The third-order valence-electron chi connectivity index (χ3n) is 2.41. The van der Waals surface area contributed by atoms with Gasteiger partial charge in [0, 0.05) is 17.2 Å². The molecule has 7 heteroatoms. The first-order valence-electron chi connectivity index (χ1n) is 4.81. The Morgan fingerprint density at radius 3 is 1.63 bits per heavy atom. The molecule has 0 spiro atoms. The molecule has 0 unspecified atom stereocenters. The van der Waals surface area contributed by atoms with Gasteiger partial charge in [0.1, 0.15) is 11.6 Å². The highest BCUT2D eigenvalue weighted by Gasteiger charge is 2.22. The molecule has 0 aromatic heterocycles. The van der Waals surface area contributed by atoms with E-state index in [0.29, 0.717) is 6.07 Å². The fraction of sp³-hybridized carbons (Fsp3) is 0. The highest BCUT2D eigenvalue weighted by Crippen LogP contribution is 2.48. The fourth-order valence-electron chi connectivity index (χ4n) is 1.53. The third-order valence-corrected chi connectivity index (χ3v) is 4.69. The summed E-state index contributed by atoms with van der Waals surface area (Å²) < 4.78 is 26.7. The highest BCUT2D eigenvalue weighted by molar-refractivity contribution is 6.56. The number of benzene rings is 2. The van der Waals surface area contributed by atoms with Crippen molar-refractivity contribution < 1.29 is 8.78 Å². The topological polar surface area (TPSA) is 0 Å². The molecule has 0 atom stereocenters. The molecule has 0 heterocycles. The first kappa shape index (κ1) is 15.1. The van der Waals surface area contributed by atoms with Crippen LogP contribution in [-0.2, 0) is 0 Å². The Morgan fingerprint density at radius 1 is 0.684 bits per heavy atom. The first-order chi connectivity index (χ1) is 8.84. The van der Waals surface area contributed by atoms with E-state index < -0.39 is 11.6 Å². The molecular weight excluding hydrogens is 359 g/mol. The molecule has 100 valence electrons. The summed E-state index contributed by atoms with van der Waals surface area (Å²) in [7, 11) is 0. The molecular formula is C12H3Cl5F2. The summed E-state index contributed by atoms with van der Waals surface area (Å²) in [6.07, 6.45) is 0. The Hall–Kier alpha value is -0.250. The zero-order valence-electron chi connectivity index (χ0n) is 8.88. The molecule has 0 radical (unpaired) electrons. The van der Waals surface area contributed by atoms with E-state index in [2.05, 4.69) is 0 Å². The lowest BCUT2D eigenvalue weighted by Gasteiger charge is -2.13. The van der Waals surface area contributed by atoms with Gasteiger partial charge < -0.3 is 0 Å². The van der Waals surface area contributed by atoms with Crippen LogP contribution in [0.1, 0.15) is 0 Å². The molecule has 19 heavy (non-hydrogen) atoms. The van der Waals surface area contributed by atoms with Crippen molar-refractivity contribution in [2.45, 2.75) is 0 Å². The normalized spacial score (nSPS) is 10.9. The van der Waals surface area contributed by atoms with Gasteiger partial charge in [-0.05, 0) is 12.1 Å². The number of rotatable bonds is 1. The van der Waals surface area contributed by atoms with Crippen LogP contribution in [0, 0.1) is 11.6 Å². The average Bonchev–Trinajstić information content (AvgIpc) is 2.37. The van der Waals surface area contributed by atoms with Crippen molar-refractivity contribution >= 4 is 58.0 Å². The maximum absolute atomic E-state index is 13.8. The van der Waals surface area contributed by atoms with Gasteiger partial charge in [0.2, 0.25) is 0 Å². The van der Waals surface area contributed by atoms with Gasteiger partial charge in [0.15, 0.2) is 0 Å². The summed E-state index contributed by atoms with van der Waals surface area (Å²) in [5.74, 6) is -1.56. The van der Waals surface area contributed by atoms with Gasteiger partial charge in [-0.3, -0.25) is 0 Å². The lowest BCUT2D eigenvalue weighted by atomic mass is 10.0. The predicted molar refractivity (Wildman–Crippen MR) is 76.8 cm³/mol. The lowest BCUT2D eigenvalue weighted by molar-refractivity contribution is 0.585. The lowest BCUT2D eigenvalue weighted by Crippen LogP contribution is -1.91. The van der Waals surface area contributed by atoms with Gasteiger partial charge in [0.25, 0.3) is 0 Å². The van der Waals surface area contributed by atoms with E-state index in [1.54, 1.807) is 0 Å². The third kappa shape index (κ3) is 2.65. The molecule has 0 saturated carbocycles. The molecule has 0 saturated heterocycles. The summed E-state index contributed by atoms with van der Waals surface area (Å²) in [4.78, 5) is 0. The highest BCUT2D eigenvalue weighted by atomic mass is 35.5. The Morgan fingerprint density at radius 2 is 1.16 bits per heavy atom. The molecule has 0 bridgehead atoms. The zero-order chi connectivity index (χ0) is 14.3. The Balaban J connectivity index is 2.83. The first-order valence-corrected chi connectivity index (χ1v) is 6.70. The largest absolute Gasteiger partial charge is 0.207 e. The van der Waals surface area contributed by atoms with E-state index in [-0.39, 0.29) is 36.2 Å². The van der Waals surface area contributed by atoms with Crippen LogP contribution in [-0.4, -0.2) is 0 Å². The Kier molecular flexibility index (Phi) is 4.49. The van der Waals surface area contributed by atoms with Crippen molar-refractivity contribution in [1.82, 2.24) is 0 Å². The summed E-state index contributed by atoms with van der Waals surface area (Å²) in [5, 5.41) is -0.212. The molecule has 0 N–H and O–H groups in total. The fourth-order valence-corrected chi connectivity index (χ4v) is 2.88.